The van der Waals surface area contributed by atoms with Crippen molar-refractivity contribution in [1.29, 1.82) is 0 Å². The van der Waals surface area contributed by atoms with E-state index in [1.54, 1.807) is 23.9 Å². The first-order chi connectivity index (χ1) is 5.84. The normalized spacial score (nSPS) is 9.75. The van der Waals surface area contributed by atoms with Crippen LogP contribution >= 0.6 is 11.8 Å². The average molecular weight is 185 g/mol. The predicted molar refractivity (Wildman–Crippen MR) is 49.4 cm³/mol. The molecule has 0 bridgehead atoms. The molecule has 0 saturated heterocycles. The zero-order chi connectivity index (χ0) is 8.81. The molecule has 4 heteroatoms. The first kappa shape index (κ1) is 9.19. The number of carbonyl (C=O) groups is 1. The lowest BCUT2D eigenvalue weighted by molar-refractivity contribution is 0.0928. The molecule has 1 amide bonds. The van der Waals surface area contributed by atoms with Gasteiger partial charge in [-0.3, -0.25) is 4.79 Å². The van der Waals surface area contributed by atoms with Crippen LogP contribution in [0.4, 0.5) is 0 Å². The maximum Gasteiger partial charge on any atom is 0.287 e. The van der Waals surface area contributed by atoms with E-state index in [9.17, 15) is 4.79 Å². The molecule has 1 aromatic heterocycles. The molecule has 1 aromatic rings. The maximum absolute atomic E-state index is 11.2. The highest BCUT2D eigenvalue weighted by atomic mass is 32.2. The molecule has 12 heavy (non-hydrogen) atoms. The Morgan fingerprint density at radius 3 is 3.17 bits per heavy atom. The van der Waals surface area contributed by atoms with Crippen LogP contribution in [-0.4, -0.2) is 24.5 Å². The van der Waals surface area contributed by atoms with Gasteiger partial charge in [0.05, 0.1) is 6.26 Å². The van der Waals surface area contributed by atoms with Gasteiger partial charge in [-0.05, 0) is 18.4 Å². The van der Waals surface area contributed by atoms with Gasteiger partial charge in [0.15, 0.2) is 5.76 Å². The van der Waals surface area contributed by atoms with Crippen molar-refractivity contribution < 1.29 is 9.21 Å². The number of nitrogens with one attached hydrogen (secondary N) is 1. The molecule has 0 unspecified atom stereocenters. The minimum absolute atomic E-state index is 0.144. The standard InChI is InChI=1S/C8H11NO2S/c1-12-6-4-9-8(10)7-3-2-5-11-7/h2-3,5H,4,6H2,1H3,(H,9,10). The van der Waals surface area contributed by atoms with E-state index in [0.29, 0.717) is 12.3 Å². The third-order valence-electron chi connectivity index (χ3n) is 1.34. The molecule has 0 aliphatic heterocycles. The Bertz CT molecular complexity index is 233. The number of rotatable bonds is 4. The van der Waals surface area contributed by atoms with E-state index < -0.39 is 0 Å². The quantitative estimate of drug-likeness (QED) is 0.720. The zero-order valence-corrected chi connectivity index (χ0v) is 7.69. The van der Waals surface area contributed by atoms with Crippen molar-refractivity contribution in [2.24, 2.45) is 0 Å². The predicted octanol–water partition coefficient (Wildman–Crippen LogP) is 1.37. The van der Waals surface area contributed by atoms with Gasteiger partial charge >= 0.3 is 0 Å². The number of furan rings is 1. The first-order valence-corrected chi connectivity index (χ1v) is 5.04. The fourth-order valence-corrected chi connectivity index (χ4v) is 1.07. The Balaban J connectivity index is 2.30. The van der Waals surface area contributed by atoms with Crippen molar-refractivity contribution in [3.8, 4) is 0 Å². The van der Waals surface area contributed by atoms with Crippen molar-refractivity contribution in [1.82, 2.24) is 5.32 Å². The summed E-state index contributed by atoms with van der Waals surface area (Å²) in [5.41, 5.74) is 0. The van der Waals surface area contributed by atoms with Crippen LogP contribution in [-0.2, 0) is 0 Å². The van der Waals surface area contributed by atoms with Crippen LogP contribution in [0.5, 0.6) is 0 Å². The van der Waals surface area contributed by atoms with Crippen LogP contribution < -0.4 is 5.32 Å². The summed E-state index contributed by atoms with van der Waals surface area (Å²) in [6.45, 7) is 0.681. The smallest absolute Gasteiger partial charge is 0.287 e. The molecule has 0 atom stereocenters. The Labute approximate surface area is 75.5 Å². The third kappa shape index (κ3) is 2.62. The van der Waals surface area contributed by atoms with Gasteiger partial charge in [0, 0.05) is 12.3 Å². The number of amides is 1. The SMILES string of the molecule is CSCCNC(=O)c1ccco1. The van der Waals surface area contributed by atoms with Gasteiger partial charge in [0.2, 0.25) is 0 Å². The van der Waals surface area contributed by atoms with Crippen LogP contribution in [0.15, 0.2) is 22.8 Å². The summed E-state index contributed by atoms with van der Waals surface area (Å²) < 4.78 is 4.91. The van der Waals surface area contributed by atoms with Crippen molar-refractivity contribution >= 4 is 17.7 Å². The third-order valence-corrected chi connectivity index (χ3v) is 1.95. The van der Waals surface area contributed by atoms with Crippen LogP contribution in [0.3, 0.4) is 0 Å². The lowest BCUT2D eigenvalue weighted by atomic mass is 10.4. The van der Waals surface area contributed by atoms with Crippen molar-refractivity contribution in [3.63, 3.8) is 0 Å². The van der Waals surface area contributed by atoms with Crippen LogP contribution in [0, 0.1) is 0 Å². The van der Waals surface area contributed by atoms with Crippen molar-refractivity contribution in [2.45, 2.75) is 0 Å². The highest BCUT2D eigenvalue weighted by molar-refractivity contribution is 7.98. The summed E-state index contributed by atoms with van der Waals surface area (Å²) in [7, 11) is 0. The van der Waals surface area contributed by atoms with E-state index in [-0.39, 0.29) is 5.91 Å². The van der Waals surface area contributed by atoms with Crippen molar-refractivity contribution in [3.05, 3.63) is 24.2 Å². The number of hydrogen-bond donors (Lipinski definition) is 1. The first-order valence-electron chi connectivity index (χ1n) is 3.65. The summed E-state index contributed by atoms with van der Waals surface area (Å²) in [4.78, 5) is 11.2. The summed E-state index contributed by atoms with van der Waals surface area (Å²) >= 11 is 1.70. The molecule has 0 aliphatic rings. The second kappa shape index (κ2) is 4.87. The van der Waals surface area contributed by atoms with Gasteiger partial charge in [-0.25, -0.2) is 0 Å². The summed E-state index contributed by atoms with van der Waals surface area (Å²) in [6, 6.07) is 3.35. The van der Waals surface area contributed by atoms with E-state index >= 15 is 0 Å². The van der Waals surface area contributed by atoms with E-state index in [1.165, 1.54) is 6.26 Å². The molecule has 0 spiro atoms. The van der Waals surface area contributed by atoms with E-state index in [2.05, 4.69) is 5.32 Å². The zero-order valence-electron chi connectivity index (χ0n) is 6.87. The Hall–Kier alpha value is -0.900. The largest absolute Gasteiger partial charge is 0.459 e. The van der Waals surface area contributed by atoms with E-state index in [1.807, 2.05) is 6.26 Å². The Kier molecular flexibility index (Phi) is 3.73. The van der Waals surface area contributed by atoms with E-state index in [4.69, 9.17) is 4.42 Å². The molecule has 1 N–H and O–H groups in total. The molecular formula is C8H11NO2S. The second-order valence-electron chi connectivity index (χ2n) is 2.23. The van der Waals surface area contributed by atoms with Crippen LogP contribution in [0.25, 0.3) is 0 Å². The maximum atomic E-state index is 11.2. The Morgan fingerprint density at radius 2 is 2.58 bits per heavy atom. The van der Waals surface area contributed by atoms with Gasteiger partial charge in [0.25, 0.3) is 5.91 Å². The molecule has 0 aliphatic carbocycles. The van der Waals surface area contributed by atoms with E-state index in [0.717, 1.165) is 5.75 Å². The number of carbonyl (C=O) groups excluding carboxylic acids is 1. The summed E-state index contributed by atoms with van der Waals surface area (Å²) in [5, 5.41) is 2.73. The van der Waals surface area contributed by atoms with Crippen LogP contribution in [0.1, 0.15) is 10.6 Å². The molecule has 0 saturated carbocycles. The monoisotopic (exact) mass is 185 g/mol. The fourth-order valence-electron chi connectivity index (χ4n) is 0.761. The lowest BCUT2D eigenvalue weighted by Gasteiger charge is -1.99. The van der Waals surface area contributed by atoms with Crippen LogP contribution in [0.2, 0.25) is 0 Å². The molecule has 1 heterocycles. The number of thioether (sulfide) groups is 1. The average Bonchev–Trinajstić information content (AvgIpc) is 2.56. The minimum Gasteiger partial charge on any atom is -0.459 e. The van der Waals surface area contributed by atoms with Gasteiger partial charge < -0.3 is 9.73 Å². The van der Waals surface area contributed by atoms with Gasteiger partial charge in [-0.2, -0.15) is 11.8 Å². The fraction of sp³-hybridized carbons (Fsp3) is 0.375. The summed E-state index contributed by atoms with van der Waals surface area (Å²) in [5.74, 6) is 1.15. The molecule has 1 rings (SSSR count). The molecule has 3 nitrogen and oxygen atoms in total. The topological polar surface area (TPSA) is 42.2 Å². The van der Waals surface area contributed by atoms with Gasteiger partial charge in [-0.1, -0.05) is 0 Å². The second-order valence-corrected chi connectivity index (χ2v) is 3.21. The molecule has 0 aromatic carbocycles. The highest BCUT2D eigenvalue weighted by Crippen LogP contribution is 1.98. The van der Waals surface area contributed by atoms with Gasteiger partial charge in [-0.15, -0.1) is 0 Å². The lowest BCUT2D eigenvalue weighted by Crippen LogP contribution is -2.25. The van der Waals surface area contributed by atoms with Crippen molar-refractivity contribution in [2.75, 3.05) is 18.6 Å². The molecule has 0 fully saturated rings. The molecule has 66 valence electrons. The Morgan fingerprint density at radius 1 is 1.75 bits per heavy atom. The minimum atomic E-state index is -0.144. The van der Waals surface area contributed by atoms with Gasteiger partial charge in [0.1, 0.15) is 0 Å². The molecular weight excluding hydrogens is 174 g/mol. The molecule has 0 radical (unpaired) electrons. The highest BCUT2D eigenvalue weighted by Gasteiger charge is 2.05. The number of hydrogen-bond acceptors (Lipinski definition) is 3. The summed E-state index contributed by atoms with van der Waals surface area (Å²) in [6.07, 6.45) is 3.49.